The van der Waals surface area contributed by atoms with Gasteiger partial charge >= 0.3 is 0 Å². The molecular formula is C12H19N5. The molecule has 2 aromatic rings. The fraction of sp³-hybridized carbons (Fsp3) is 0.583. The zero-order valence-electron chi connectivity index (χ0n) is 10.9. The highest BCUT2D eigenvalue weighted by molar-refractivity contribution is 5.63. The lowest BCUT2D eigenvalue weighted by Crippen LogP contribution is -2.33. The van der Waals surface area contributed by atoms with Crippen molar-refractivity contribution in [2.24, 2.45) is 5.41 Å². The Morgan fingerprint density at radius 3 is 2.76 bits per heavy atom. The first kappa shape index (κ1) is 11.8. The van der Waals surface area contributed by atoms with Gasteiger partial charge in [-0.2, -0.15) is 0 Å². The Morgan fingerprint density at radius 1 is 1.35 bits per heavy atom. The summed E-state index contributed by atoms with van der Waals surface area (Å²) < 4.78 is 1.90. The minimum atomic E-state index is 0.227. The summed E-state index contributed by atoms with van der Waals surface area (Å²) in [5.41, 5.74) is 1.04. The maximum atomic E-state index is 4.44. The fourth-order valence-electron chi connectivity index (χ4n) is 1.88. The summed E-state index contributed by atoms with van der Waals surface area (Å²) in [6, 6.07) is 0. The molecule has 5 heteroatoms. The molecule has 2 rings (SSSR count). The van der Waals surface area contributed by atoms with E-state index in [0.717, 1.165) is 24.6 Å². The van der Waals surface area contributed by atoms with Crippen LogP contribution in [-0.4, -0.2) is 32.7 Å². The van der Waals surface area contributed by atoms with Crippen molar-refractivity contribution in [2.45, 2.75) is 27.7 Å². The summed E-state index contributed by atoms with van der Waals surface area (Å²) in [7, 11) is 0. The Labute approximate surface area is 101 Å². The number of aromatic nitrogens is 4. The van der Waals surface area contributed by atoms with E-state index in [2.05, 4.69) is 47.8 Å². The van der Waals surface area contributed by atoms with Gasteiger partial charge in [-0.15, -0.1) is 10.2 Å². The molecule has 0 radical (unpaired) electrons. The van der Waals surface area contributed by atoms with Crippen LogP contribution in [0.15, 0.2) is 18.7 Å². The van der Waals surface area contributed by atoms with Crippen LogP contribution in [0.2, 0.25) is 0 Å². The molecular weight excluding hydrogens is 214 g/mol. The average molecular weight is 233 g/mol. The molecule has 0 aromatic carbocycles. The second-order valence-corrected chi connectivity index (χ2v) is 5.39. The summed E-state index contributed by atoms with van der Waals surface area (Å²) >= 11 is 0. The first-order valence-corrected chi connectivity index (χ1v) is 5.90. The number of rotatable bonds is 3. The fourth-order valence-corrected chi connectivity index (χ4v) is 1.88. The molecule has 17 heavy (non-hydrogen) atoms. The van der Waals surface area contributed by atoms with Crippen LogP contribution in [0.25, 0.3) is 5.65 Å². The van der Waals surface area contributed by atoms with Crippen LogP contribution in [0.5, 0.6) is 0 Å². The molecule has 0 unspecified atom stereocenters. The van der Waals surface area contributed by atoms with Crippen LogP contribution < -0.4 is 4.90 Å². The largest absolute Gasteiger partial charge is 0.353 e. The van der Waals surface area contributed by atoms with E-state index in [9.17, 15) is 0 Å². The van der Waals surface area contributed by atoms with Crippen molar-refractivity contribution in [1.29, 1.82) is 0 Å². The molecule has 0 aliphatic carbocycles. The van der Waals surface area contributed by atoms with Crippen molar-refractivity contribution in [3.8, 4) is 0 Å². The van der Waals surface area contributed by atoms with E-state index in [1.807, 2.05) is 10.6 Å². The molecule has 0 aliphatic heterocycles. The Morgan fingerprint density at radius 2 is 2.12 bits per heavy atom. The van der Waals surface area contributed by atoms with Gasteiger partial charge in [0.1, 0.15) is 6.33 Å². The summed E-state index contributed by atoms with van der Waals surface area (Å²) in [6.07, 6.45) is 5.35. The first-order chi connectivity index (χ1) is 8.01. The highest BCUT2D eigenvalue weighted by Gasteiger charge is 2.19. The predicted molar refractivity (Wildman–Crippen MR) is 68.1 cm³/mol. The Hall–Kier alpha value is -1.65. The quantitative estimate of drug-likeness (QED) is 0.813. The summed E-state index contributed by atoms with van der Waals surface area (Å²) in [5.74, 6) is 0.905. The Kier molecular flexibility index (Phi) is 3.00. The van der Waals surface area contributed by atoms with Crippen LogP contribution in [-0.2, 0) is 0 Å². The molecule has 0 saturated carbocycles. The van der Waals surface area contributed by atoms with Crippen LogP contribution in [0.4, 0.5) is 5.82 Å². The lowest BCUT2D eigenvalue weighted by molar-refractivity contribution is 0.411. The molecule has 0 aliphatic rings. The molecule has 0 saturated heterocycles. The second-order valence-electron chi connectivity index (χ2n) is 5.39. The first-order valence-electron chi connectivity index (χ1n) is 5.90. The highest BCUT2D eigenvalue weighted by Crippen LogP contribution is 2.22. The third kappa shape index (κ3) is 2.54. The van der Waals surface area contributed by atoms with Crippen molar-refractivity contribution in [3.05, 3.63) is 18.7 Å². The van der Waals surface area contributed by atoms with Crippen molar-refractivity contribution in [2.75, 3.05) is 18.0 Å². The van der Waals surface area contributed by atoms with Gasteiger partial charge in [0, 0.05) is 25.5 Å². The molecule has 0 spiro atoms. The van der Waals surface area contributed by atoms with Gasteiger partial charge in [0.15, 0.2) is 5.82 Å². The van der Waals surface area contributed by atoms with E-state index >= 15 is 0 Å². The van der Waals surface area contributed by atoms with E-state index in [0.29, 0.717) is 0 Å². The van der Waals surface area contributed by atoms with Crippen molar-refractivity contribution in [3.63, 3.8) is 0 Å². The minimum Gasteiger partial charge on any atom is -0.353 e. The lowest BCUT2D eigenvalue weighted by Gasteiger charge is -2.29. The van der Waals surface area contributed by atoms with Crippen molar-refractivity contribution in [1.82, 2.24) is 19.6 Å². The van der Waals surface area contributed by atoms with E-state index in [1.54, 1.807) is 12.5 Å². The number of hydrogen-bond acceptors (Lipinski definition) is 4. The van der Waals surface area contributed by atoms with Crippen molar-refractivity contribution < 1.29 is 0 Å². The Balaban J connectivity index is 2.39. The smallest absolute Gasteiger partial charge is 0.203 e. The molecule has 0 amide bonds. The van der Waals surface area contributed by atoms with Gasteiger partial charge in [-0.25, -0.2) is 4.98 Å². The topological polar surface area (TPSA) is 46.3 Å². The van der Waals surface area contributed by atoms with Gasteiger partial charge in [-0.05, 0) is 12.3 Å². The van der Waals surface area contributed by atoms with E-state index in [1.165, 1.54) is 0 Å². The van der Waals surface area contributed by atoms with E-state index < -0.39 is 0 Å². The van der Waals surface area contributed by atoms with Gasteiger partial charge in [0.2, 0.25) is 5.65 Å². The molecule has 92 valence electrons. The SMILES string of the molecule is CCN(CC(C)(C)C)c1nccn2cnnc12. The van der Waals surface area contributed by atoms with Crippen LogP contribution in [0.1, 0.15) is 27.7 Å². The molecule has 0 bridgehead atoms. The van der Waals surface area contributed by atoms with Gasteiger partial charge in [0.25, 0.3) is 0 Å². The zero-order valence-corrected chi connectivity index (χ0v) is 10.9. The van der Waals surface area contributed by atoms with Gasteiger partial charge in [-0.3, -0.25) is 4.40 Å². The van der Waals surface area contributed by atoms with Crippen LogP contribution in [0, 0.1) is 5.41 Å². The molecule has 5 nitrogen and oxygen atoms in total. The molecule has 0 N–H and O–H groups in total. The predicted octanol–water partition coefficient (Wildman–Crippen LogP) is 2.00. The summed E-state index contributed by atoms with van der Waals surface area (Å²) in [4.78, 5) is 6.68. The maximum absolute atomic E-state index is 4.44. The Bertz CT molecular complexity index is 497. The average Bonchev–Trinajstić information content (AvgIpc) is 2.72. The number of nitrogens with zero attached hydrogens (tertiary/aromatic N) is 5. The minimum absolute atomic E-state index is 0.227. The highest BCUT2D eigenvalue weighted by atomic mass is 15.3. The van der Waals surface area contributed by atoms with Gasteiger partial charge in [-0.1, -0.05) is 20.8 Å². The van der Waals surface area contributed by atoms with E-state index in [-0.39, 0.29) is 5.41 Å². The lowest BCUT2D eigenvalue weighted by atomic mass is 9.96. The normalized spacial score (nSPS) is 12.0. The maximum Gasteiger partial charge on any atom is 0.203 e. The van der Waals surface area contributed by atoms with Crippen molar-refractivity contribution >= 4 is 11.5 Å². The number of anilines is 1. The second kappa shape index (κ2) is 4.31. The number of hydrogen-bond donors (Lipinski definition) is 0. The van der Waals surface area contributed by atoms with Crippen LogP contribution in [0.3, 0.4) is 0 Å². The van der Waals surface area contributed by atoms with E-state index in [4.69, 9.17) is 0 Å². The zero-order chi connectivity index (χ0) is 12.5. The third-order valence-corrected chi connectivity index (χ3v) is 2.54. The van der Waals surface area contributed by atoms with Crippen LogP contribution >= 0.6 is 0 Å². The molecule has 2 heterocycles. The third-order valence-electron chi connectivity index (χ3n) is 2.54. The monoisotopic (exact) mass is 233 g/mol. The van der Waals surface area contributed by atoms with Gasteiger partial charge < -0.3 is 4.90 Å². The molecule has 0 fully saturated rings. The molecule has 2 aromatic heterocycles. The summed E-state index contributed by atoms with van der Waals surface area (Å²) in [5, 5.41) is 8.05. The molecule has 0 atom stereocenters. The van der Waals surface area contributed by atoms with Gasteiger partial charge in [0.05, 0.1) is 0 Å². The standard InChI is InChI=1S/C12H19N5/c1-5-16(8-12(2,3)4)10-11-15-14-9-17(11)7-6-13-10/h6-7,9H,5,8H2,1-4H3. The number of fused-ring (bicyclic) bond motifs is 1. The summed E-state index contributed by atoms with van der Waals surface area (Å²) in [6.45, 7) is 10.7.